The predicted molar refractivity (Wildman–Crippen MR) is 105 cm³/mol. The van der Waals surface area contributed by atoms with Gasteiger partial charge >= 0.3 is 0 Å². The van der Waals surface area contributed by atoms with Gasteiger partial charge in [0.1, 0.15) is 0 Å². The van der Waals surface area contributed by atoms with Gasteiger partial charge in [0, 0.05) is 59.9 Å². The minimum absolute atomic E-state index is 0.331. The smallest absolute Gasteiger partial charge is 0.191 e. The molecule has 2 rings (SSSR count). The van der Waals surface area contributed by atoms with Crippen molar-refractivity contribution in [2.24, 2.45) is 10.9 Å². The van der Waals surface area contributed by atoms with E-state index in [0.29, 0.717) is 17.2 Å². The Kier molecular flexibility index (Phi) is 8.44. The van der Waals surface area contributed by atoms with Crippen molar-refractivity contribution in [3.05, 3.63) is 18.5 Å². The molecule has 0 aliphatic heterocycles. The number of nitrogens with zero attached hydrogens (tertiary/aromatic N) is 3. The van der Waals surface area contributed by atoms with Gasteiger partial charge in [0.2, 0.25) is 0 Å². The summed E-state index contributed by atoms with van der Waals surface area (Å²) in [5.74, 6) is 2.06. The minimum atomic E-state index is -0.692. The first kappa shape index (κ1) is 19.9. The average molecular weight is 368 g/mol. The molecule has 1 aliphatic carbocycles. The van der Waals surface area contributed by atoms with E-state index in [9.17, 15) is 4.21 Å². The highest BCUT2D eigenvalue weighted by molar-refractivity contribution is 7.85. The molecular formula is C18H33N5OS. The molecule has 4 atom stereocenters. The van der Waals surface area contributed by atoms with Crippen LogP contribution in [0.4, 0.5) is 0 Å². The Hall–Kier alpha value is -1.37. The Morgan fingerprint density at radius 1 is 1.44 bits per heavy atom. The van der Waals surface area contributed by atoms with Gasteiger partial charge in [-0.2, -0.15) is 5.10 Å². The number of hydrogen-bond acceptors (Lipinski definition) is 3. The van der Waals surface area contributed by atoms with E-state index in [1.165, 1.54) is 0 Å². The average Bonchev–Trinajstić information content (AvgIpc) is 3.12. The van der Waals surface area contributed by atoms with Crippen LogP contribution in [-0.4, -0.2) is 50.1 Å². The standard InChI is InChI=1S/C18H33N5OS/c1-4-19-18(20-13-15(3)14-23-11-7-10-21-23)22-16-8-6-9-17(12-16)25(24)5-2/h7,10-11,15-17H,4-6,8-9,12-14H2,1-3H3,(H2,19,20,22). The number of guanidine groups is 1. The third-order valence-corrected chi connectivity index (χ3v) is 6.33. The Morgan fingerprint density at radius 3 is 2.96 bits per heavy atom. The Bertz CT molecular complexity index is 546. The third-order valence-electron chi connectivity index (χ3n) is 4.59. The van der Waals surface area contributed by atoms with Crippen LogP contribution in [-0.2, 0) is 17.3 Å². The zero-order chi connectivity index (χ0) is 18.1. The zero-order valence-corrected chi connectivity index (χ0v) is 16.6. The predicted octanol–water partition coefficient (Wildman–Crippen LogP) is 2.15. The lowest BCUT2D eigenvalue weighted by Crippen LogP contribution is -2.46. The van der Waals surface area contributed by atoms with Crippen molar-refractivity contribution in [3.8, 4) is 0 Å². The molecule has 4 unspecified atom stereocenters. The first-order valence-electron chi connectivity index (χ1n) is 9.51. The van der Waals surface area contributed by atoms with Gasteiger partial charge in [-0.3, -0.25) is 13.9 Å². The summed E-state index contributed by atoms with van der Waals surface area (Å²) >= 11 is 0. The van der Waals surface area contributed by atoms with Crippen molar-refractivity contribution >= 4 is 16.8 Å². The fraction of sp³-hybridized carbons (Fsp3) is 0.778. The quantitative estimate of drug-likeness (QED) is 0.546. The molecule has 1 aromatic heterocycles. The molecule has 0 saturated heterocycles. The number of hydrogen-bond donors (Lipinski definition) is 2. The molecule has 0 aromatic carbocycles. The van der Waals surface area contributed by atoms with Crippen molar-refractivity contribution in [2.75, 3.05) is 18.8 Å². The molecule has 1 saturated carbocycles. The van der Waals surface area contributed by atoms with Gasteiger partial charge in [0.05, 0.1) is 0 Å². The van der Waals surface area contributed by atoms with Gasteiger partial charge in [-0.05, 0) is 38.2 Å². The van der Waals surface area contributed by atoms with E-state index in [2.05, 4.69) is 29.6 Å². The fourth-order valence-corrected chi connectivity index (χ4v) is 4.64. The first-order valence-corrected chi connectivity index (χ1v) is 10.9. The Labute approximate surface area is 154 Å². The van der Waals surface area contributed by atoms with Crippen molar-refractivity contribution in [1.29, 1.82) is 0 Å². The molecule has 0 radical (unpaired) electrons. The Morgan fingerprint density at radius 2 is 2.28 bits per heavy atom. The van der Waals surface area contributed by atoms with E-state index < -0.39 is 10.8 Å². The van der Waals surface area contributed by atoms with Crippen molar-refractivity contribution in [2.45, 2.75) is 64.3 Å². The van der Waals surface area contributed by atoms with Crippen LogP contribution < -0.4 is 10.6 Å². The van der Waals surface area contributed by atoms with Crippen molar-refractivity contribution in [1.82, 2.24) is 20.4 Å². The third kappa shape index (κ3) is 6.80. The monoisotopic (exact) mass is 367 g/mol. The van der Waals surface area contributed by atoms with Crippen LogP contribution in [0.2, 0.25) is 0 Å². The van der Waals surface area contributed by atoms with E-state index in [1.807, 2.05) is 23.9 Å². The molecular weight excluding hydrogens is 334 g/mol. The summed E-state index contributed by atoms with van der Waals surface area (Å²) in [6.45, 7) is 8.76. The maximum absolute atomic E-state index is 12.1. The summed E-state index contributed by atoms with van der Waals surface area (Å²) in [6.07, 6.45) is 8.13. The van der Waals surface area contributed by atoms with E-state index in [0.717, 1.165) is 57.0 Å². The lowest BCUT2D eigenvalue weighted by molar-refractivity contribution is 0.412. The van der Waals surface area contributed by atoms with Gasteiger partial charge in [-0.25, -0.2) is 0 Å². The summed E-state index contributed by atoms with van der Waals surface area (Å²) in [5, 5.41) is 11.5. The number of aromatic nitrogens is 2. The lowest BCUT2D eigenvalue weighted by atomic mass is 9.95. The molecule has 0 amide bonds. The van der Waals surface area contributed by atoms with Crippen LogP contribution in [0.15, 0.2) is 23.5 Å². The molecule has 2 N–H and O–H groups in total. The van der Waals surface area contributed by atoms with Crippen molar-refractivity contribution < 1.29 is 4.21 Å². The summed E-state index contributed by atoms with van der Waals surface area (Å²) in [4.78, 5) is 4.76. The molecule has 7 heteroatoms. The van der Waals surface area contributed by atoms with E-state index in [4.69, 9.17) is 4.99 Å². The first-order chi connectivity index (χ1) is 12.1. The highest BCUT2D eigenvalue weighted by Gasteiger charge is 2.26. The highest BCUT2D eigenvalue weighted by atomic mass is 32.2. The zero-order valence-electron chi connectivity index (χ0n) is 15.8. The molecule has 0 bridgehead atoms. The fourth-order valence-electron chi connectivity index (χ4n) is 3.30. The second-order valence-electron chi connectivity index (χ2n) is 6.85. The van der Waals surface area contributed by atoms with Crippen LogP contribution in [0.5, 0.6) is 0 Å². The van der Waals surface area contributed by atoms with Crippen LogP contribution in [0.1, 0.15) is 46.5 Å². The van der Waals surface area contributed by atoms with E-state index >= 15 is 0 Å². The van der Waals surface area contributed by atoms with Gasteiger partial charge in [-0.15, -0.1) is 0 Å². The normalized spacial score (nSPS) is 23.9. The van der Waals surface area contributed by atoms with Gasteiger partial charge < -0.3 is 10.6 Å². The van der Waals surface area contributed by atoms with Crippen LogP contribution in [0.3, 0.4) is 0 Å². The lowest BCUT2D eigenvalue weighted by Gasteiger charge is -2.30. The molecule has 142 valence electrons. The summed E-state index contributed by atoms with van der Waals surface area (Å²) in [6, 6.07) is 2.31. The topological polar surface area (TPSA) is 71.3 Å². The SMILES string of the molecule is CCNC(=NCC(C)Cn1cccn1)NC1CCCC(S(=O)CC)C1. The van der Waals surface area contributed by atoms with E-state index in [-0.39, 0.29) is 0 Å². The molecule has 1 aromatic rings. The van der Waals surface area contributed by atoms with Crippen LogP contribution >= 0.6 is 0 Å². The van der Waals surface area contributed by atoms with Gasteiger partial charge in [0.25, 0.3) is 0 Å². The largest absolute Gasteiger partial charge is 0.357 e. The van der Waals surface area contributed by atoms with E-state index in [1.54, 1.807) is 6.20 Å². The summed E-state index contributed by atoms with van der Waals surface area (Å²) in [7, 11) is -0.692. The molecule has 6 nitrogen and oxygen atoms in total. The van der Waals surface area contributed by atoms with Crippen LogP contribution in [0.25, 0.3) is 0 Å². The molecule has 25 heavy (non-hydrogen) atoms. The number of rotatable bonds is 8. The summed E-state index contributed by atoms with van der Waals surface area (Å²) in [5.41, 5.74) is 0. The van der Waals surface area contributed by atoms with Gasteiger partial charge in [0.15, 0.2) is 5.96 Å². The number of nitrogens with one attached hydrogen (secondary N) is 2. The minimum Gasteiger partial charge on any atom is -0.357 e. The number of aliphatic imine (C=N–C) groups is 1. The highest BCUT2D eigenvalue weighted by Crippen LogP contribution is 2.23. The van der Waals surface area contributed by atoms with Crippen LogP contribution in [0, 0.1) is 5.92 Å². The molecule has 1 aliphatic rings. The second-order valence-corrected chi connectivity index (χ2v) is 8.86. The second kappa shape index (κ2) is 10.6. The maximum Gasteiger partial charge on any atom is 0.191 e. The van der Waals surface area contributed by atoms with Crippen molar-refractivity contribution in [3.63, 3.8) is 0 Å². The molecule has 1 fully saturated rings. The van der Waals surface area contributed by atoms with Gasteiger partial charge in [-0.1, -0.05) is 20.3 Å². The molecule has 0 spiro atoms. The molecule has 1 heterocycles. The maximum atomic E-state index is 12.1. The Balaban J connectivity index is 1.87. The summed E-state index contributed by atoms with van der Waals surface area (Å²) < 4.78 is 14.1.